The molecule has 1 aromatic rings. The topological polar surface area (TPSA) is 3.24 Å². The van der Waals surface area contributed by atoms with E-state index < -0.39 is 0 Å². The van der Waals surface area contributed by atoms with Gasteiger partial charge in [-0.25, -0.2) is 0 Å². The molecule has 1 aliphatic heterocycles. The number of rotatable bonds is 4. The third-order valence-corrected chi connectivity index (χ3v) is 5.57. The van der Waals surface area contributed by atoms with Crippen molar-refractivity contribution < 1.29 is 21.2 Å². The van der Waals surface area contributed by atoms with Gasteiger partial charge in [-0.3, -0.25) is 0 Å². The van der Waals surface area contributed by atoms with E-state index in [1.165, 1.54) is 16.5 Å². The van der Waals surface area contributed by atoms with Gasteiger partial charge in [-0.1, -0.05) is 0 Å². The molecule has 0 spiro atoms. The molecule has 1 aliphatic rings. The Morgan fingerprint density at radius 3 is 2.73 bits per heavy atom. The molecular formula is C13H19IN-. The number of hydrogen-bond acceptors (Lipinski definition) is 1. The van der Waals surface area contributed by atoms with Crippen molar-refractivity contribution in [1.29, 1.82) is 0 Å². The van der Waals surface area contributed by atoms with Gasteiger partial charge in [0.2, 0.25) is 0 Å². The van der Waals surface area contributed by atoms with Gasteiger partial charge in [0.05, 0.1) is 0 Å². The number of benzene rings is 1. The molecule has 15 heavy (non-hydrogen) atoms. The summed E-state index contributed by atoms with van der Waals surface area (Å²) in [6.07, 6.45) is 0. The molecule has 84 valence electrons. The molecule has 2 atom stereocenters. The summed E-state index contributed by atoms with van der Waals surface area (Å²) in [5.74, 6) is 0.799. The van der Waals surface area contributed by atoms with Gasteiger partial charge in [0.25, 0.3) is 0 Å². The molecule has 0 aliphatic carbocycles. The van der Waals surface area contributed by atoms with Crippen LogP contribution in [0.3, 0.4) is 0 Å². The number of alkyl halides is 2. The van der Waals surface area contributed by atoms with E-state index in [1.54, 1.807) is 5.56 Å². The standard InChI is InChI=1S/C13H19IN/c1-10-5-4-6-11(7-10)12(9-15(2)3)13-8-14-13/h4-7,12-13H,8-9H2,1-3H3/q-1/t12-,13?/m0/s1. The first kappa shape index (κ1) is 11.4. The van der Waals surface area contributed by atoms with Crippen LogP contribution in [0.5, 0.6) is 0 Å². The van der Waals surface area contributed by atoms with Gasteiger partial charge in [-0.2, -0.15) is 0 Å². The molecule has 0 radical (unpaired) electrons. The van der Waals surface area contributed by atoms with Crippen molar-refractivity contribution in [2.45, 2.75) is 16.8 Å². The van der Waals surface area contributed by atoms with Crippen molar-refractivity contribution in [3.05, 3.63) is 35.4 Å². The molecule has 1 nitrogen and oxygen atoms in total. The molecule has 2 rings (SSSR count). The first-order chi connectivity index (χ1) is 7.16. The monoisotopic (exact) mass is 316 g/mol. The van der Waals surface area contributed by atoms with Gasteiger partial charge in [0.1, 0.15) is 0 Å². The minimum absolute atomic E-state index is 0.540. The summed E-state index contributed by atoms with van der Waals surface area (Å²) in [7, 11) is 4.37. The van der Waals surface area contributed by atoms with Gasteiger partial charge in [0.15, 0.2) is 0 Å². The Balaban J connectivity index is 2.16. The normalized spacial score (nSPS) is 22.3. The molecule has 1 fully saturated rings. The zero-order valence-corrected chi connectivity index (χ0v) is 11.9. The Labute approximate surface area is 103 Å². The van der Waals surface area contributed by atoms with Gasteiger partial charge in [-0.15, -0.1) is 0 Å². The number of halogens is 1. The van der Waals surface area contributed by atoms with Crippen molar-refractivity contribution >= 4 is 0 Å². The van der Waals surface area contributed by atoms with E-state index >= 15 is 0 Å². The second-order valence-electron chi connectivity index (χ2n) is 4.61. The first-order valence-electron chi connectivity index (χ1n) is 5.46. The predicted molar refractivity (Wildman–Crippen MR) is 61.1 cm³/mol. The fraction of sp³-hybridized carbons (Fsp3) is 0.538. The average molecular weight is 316 g/mol. The van der Waals surface area contributed by atoms with E-state index in [1.807, 2.05) is 0 Å². The van der Waals surface area contributed by atoms with Crippen LogP contribution < -0.4 is 21.2 Å². The number of hydrogen-bond donors (Lipinski definition) is 0. The third kappa shape index (κ3) is 3.18. The summed E-state index contributed by atoms with van der Waals surface area (Å²) in [6.45, 7) is 3.41. The van der Waals surface area contributed by atoms with Crippen LogP contribution in [-0.2, 0) is 0 Å². The molecule has 2 heteroatoms. The van der Waals surface area contributed by atoms with E-state index in [0.29, 0.717) is 21.2 Å². The third-order valence-electron chi connectivity index (χ3n) is 2.80. The Bertz CT molecular complexity index is 331. The van der Waals surface area contributed by atoms with E-state index in [0.717, 1.165) is 9.84 Å². The van der Waals surface area contributed by atoms with Gasteiger partial charge in [0, 0.05) is 0 Å². The molecular weight excluding hydrogens is 297 g/mol. The van der Waals surface area contributed by atoms with Crippen molar-refractivity contribution in [1.82, 2.24) is 4.90 Å². The van der Waals surface area contributed by atoms with Gasteiger partial charge >= 0.3 is 103 Å². The van der Waals surface area contributed by atoms with Crippen molar-refractivity contribution in [2.24, 2.45) is 0 Å². The van der Waals surface area contributed by atoms with Crippen molar-refractivity contribution in [2.75, 3.05) is 25.1 Å². The Kier molecular flexibility index (Phi) is 3.67. The van der Waals surface area contributed by atoms with Crippen LogP contribution >= 0.6 is 0 Å². The molecule has 0 amide bonds. The molecule has 0 N–H and O–H groups in total. The SMILES string of the molecule is Cc1cccc([C@H](CN(C)C)C2C[I-]2)c1. The number of likely N-dealkylation sites (N-methyl/N-ethyl adjacent to an activating group) is 1. The van der Waals surface area contributed by atoms with Crippen LogP contribution in [0.1, 0.15) is 17.0 Å². The fourth-order valence-corrected chi connectivity index (χ4v) is 4.15. The molecule has 1 aromatic carbocycles. The van der Waals surface area contributed by atoms with Crippen molar-refractivity contribution in [3.63, 3.8) is 0 Å². The van der Waals surface area contributed by atoms with E-state index in [9.17, 15) is 0 Å². The Hall–Kier alpha value is -0.0900. The summed E-state index contributed by atoms with van der Waals surface area (Å²) in [6, 6.07) is 9.08. The maximum atomic E-state index is 2.37. The summed E-state index contributed by atoms with van der Waals surface area (Å²) < 4.78 is 2.58. The molecule has 0 bridgehead atoms. The van der Waals surface area contributed by atoms with E-state index in [2.05, 4.69) is 50.2 Å². The van der Waals surface area contributed by atoms with Gasteiger partial charge in [-0.05, 0) is 0 Å². The second kappa shape index (κ2) is 4.83. The predicted octanol–water partition coefficient (Wildman–Crippen LogP) is -0.889. The maximum absolute atomic E-state index is 2.37. The zero-order chi connectivity index (χ0) is 10.8. The van der Waals surface area contributed by atoms with Crippen LogP contribution in [0, 0.1) is 6.92 Å². The summed E-state index contributed by atoms with van der Waals surface area (Å²) >= 11 is 0.540. The van der Waals surface area contributed by atoms with Crippen LogP contribution in [0.4, 0.5) is 0 Å². The Morgan fingerprint density at radius 1 is 1.47 bits per heavy atom. The van der Waals surface area contributed by atoms with Crippen LogP contribution in [0.2, 0.25) is 0 Å². The average Bonchev–Trinajstić information content (AvgIpc) is 2.97. The van der Waals surface area contributed by atoms with Crippen molar-refractivity contribution in [3.8, 4) is 0 Å². The van der Waals surface area contributed by atoms with E-state index in [-0.39, 0.29) is 0 Å². The van der Waals surface area contributed by atoms with Crippen LogP contribution in [0.15, 0.2) is 24.3 Å². The summed E-state index contributed by atoms with van der Waals surface area (Å²) in [5, 5.41) is 0. The quantitative estimate of drug-likeness (QED) is 0.515. The molecule has 1 saturated heterocycles. The van der Waals surface area contributed by atoms with E-state index in [4.69, 9.17) is 0 Å². The minimum atomic E-state index is 0.540. The second-order valence-corrected chi connectivity index (χ2v) is 7.97. The first-order valence-corrected chi connectivity index (χ1v) is 8.23. The fourth-order valence-electron chi connectivity index (χ4n) is 1.99. The van der Waals surface area contributed by atoms with Crippen LogP contribution in [0.25, 0.3) is 0 Å². The molecule has 1 unspecified atom stereocenters. The zero-order valence-electron chi connectivity index (χ0n) is 9.70. The Morgan fingerprint density at radius 2 is 2.20 bits per heavy atom. The summed E-state index contributed by atoms with van der Waals surface area (Å²) in [4.78, 5) is 2.33. The summed E-state index contributed by atoms with van der Waals surface area (Å²) in [5.41, 5.74) is 2.96. The number of aryl methyl sites for hydroxylation is 1. The number of nitrogens with zero attached hydrogens (tertiary/aromatic N) is 1. The molecule has 0 saturated carbocycles. The molecule has 0 aromatic heterocycles. The van der Waals surface area contributed by atoms with Gasteiger partial charge < -0.3 is 0 Å². The van der Waals surface area contributed by atoms with Crippen LogP contribution in [-0.4, -0.2) is 33.9 Å². The molecule has 1 heterocycles.